The maximum Gasteiger partial charge on any atom is 0.227 e. The molecule has 1 aromatic carbocycles. The van der Waals surface area contributed by atoms with E-state index < -0.39 is 11.8 Å². The molecule has 1 aliphatic heterocycles. The summed E-state index contributed by atoms with van der Waals surface area (Å²) in [6.07, 6.45) is 0.0869. The summed E-state index contributed by atoms with van der Waals surface area (Å²) in [6, 6.07) is 7.15. The molecule has 114 valence electrons. The second-order valence-electron chi connectivity index (χ2n) is 4.56. The summed E-state index contributed by atoms with van der Waals surface area (Å²) in [4.78, 5) is 22.8. The lowest BCUT2D eigenvalue weighted by molar-refractivity contribution is -0.121. The first-order valence-corrected chi connectivity index (χ1v) is 7.97. The lowest BCUT2D eigenvalue weighted by Crippen LogP contribution is -2.31. The highest BCUT2D eigenvalue weighted by Gasteiger charge is 2.31. The number of nitrogens with zero attached hydrogens (tertiary/aromatic N) is 1. The molecule has 0 saturated heterocycles. The fraction of sp³-hybridized carbons (Fsp3) is 0.214. The Labute approximate surface area is 141 Å². The maximum atomic E-state index is 11.9. The van der Waals surface area contributed by atoms with E-state index in [0.29, 0.717) is 26.2 Å². The van der Waals surface area contributed by atoms with E-state index in [2.05, 4.69) is 11.4 Å². The van der Waals surface area contributed by atoms with E-state index in [-0.39, 0.29) is 18.1 Å². The van der Waals surface area contributed by atoms with Crippen molar-refractivity contribution in [2.24, 2.45) is 5.73 Å². The summed E-state index contributed by atoms with van der Waals surface area (Å²) in [6.45, 7) is 0. The van der Waals surface area contributed by atoms with Gasteiger partial charge in [0.15, 0.2) is 0 Å². The smallest absolute Gasteiger partial charge is 0.227 e. The third kappa shape index (κ3) is 3.55. The summed E-state index contributed by atoms with van der Waals surface area (Å²) in [5.74, 6) is -1.32. The number of rotatable bonds is 4. The molecule has 0 unspecified atom stereocenters. The van der Waals surface area contributed by atoms with Gasteiger partial charge in [0.05, 0.1) is 32.5 Å². The monoisotopic (exact) mass is 355 g/mol. The van der Waals surface area contributed by atoms with E-state index in [1.54, 1.807) is 18.2 Å². The molecule has 0 radical (unpaired) electrons. The number of halogens is 2. The van der Waals surface area contributed by atoms with Crippen molar-refractivity contribution < 1.29 is 9.59 Å². The van der Waals surface area contributed by atoms with Gasteiger partial charge in [-0.2, -0.15) is 5.26 Å². The van der Waals surface area contributed by atoms with Crippen molar-refractivity contribution in [3.05, 3.63) is 44.4 Å². The minimum absolute atomic E-state index is 0.0310. The third-order valence-electron chi connectivity index (χ3n) is 3.07. The Morgan fingerprint density at radius 2 is 2.23 bits per heavy atom. The number of benzene rings is 1. The molecule has 2 amide bonds. The number of carbonyl (C=O) groups excluding carboxylic acids is 2. The van der Waals surface area contributed by atoms with Gasteiger partial charge in [0.25, 0.3) is 0 Å². The number of hydrogen-bond acceptors (Lipinski definition) is 4. The lowest BCUT2D eigenvalue weighted by Gasteiger charge is -2.25. The fourth-order valence-corrected chi connectivity index (χ4v) is 3.39. The standard InChI is InChI=1S/C14H11Cl2N3O2S/c15-10-3-1-2-7(13(10)16)8-4-12(21)19-14(9(8)5-17)22-6-11(18)20/h1-3,8H,4,6H2,(H2,18,20)(H,19,21)/t8-/m0/s1. The highest BCUT2D eigenvalue weighted by Crippen LogP contribution is 2.40. The predicted octanol–water partition coefficient (Wildman–Crippen LogP) is 2.55. The quantitative estimate of drug-likeness (QED) is 0.867. The van der Waals surface area contributed by atoms with Gasteiger partial charge < -0.3 is 11.1 Å². The fourth-order valence-electron chi connectivity index (χ4n) is 2.13. The highest BCUT2D eigenvalue weighted by atomic mass is 35.5. The Balaban J connectivity index is 2.47. The van der Waals surface area contributed by atoms with Crippen LogP contribution in [0.1, 0.15) is 17.9 Å². The van der Waals surface area contributed by atoms with E-state index in [9.17, 15) is 14.9 Å². The number of allylic oxidation sites excluding steroid dienone is 1. The van der Waals surface area contributed by atoms with Crippen LogP contribution in [0.3, 0.4) is 0 Å². The molecular formula is C14H11Cl2N3O2S. The zero-order valence-corrected chi connectivity index (χ0v) is 13.6. The van der Waals surface area contributed by atoms with Crippen LogP contribution in [-0.4, -0.2) is 17.6 Å². The molecule has 2 rings (SSSR count). The van der Waals surface area contributed by atoms with E-state index in [0.717, 1.165) is 11.8 Å². The molecule has 0 aliphatic carbocycles. The Hall–Kier alpha value is -1.68. The number of amides is 2. The average molecular weight is 356 g/mol. The van der Waals surface area contributed by atoms with Crippen molar-refractivity contribution in [3.63, 3.8) is 0 Å². The molecule has 1 atom stereocenters. The molecule has 3 N–H and O–H groups in total. The topological polar surface area (TPSA) is 96.0 Å². The Morgan fingerprint density at radius 3 is 2.86 bits per heavy atom. The molecule has 0 spiro atoms. The second kappa shape index (κ2) is 7.05. The maximum absolute atomic E-state index is 11.9. The van der Waals surface area contributed by atoms with Crippen molar-refractivity contribution in [1.29, 1.82) is 5.26 Å². The number of nitriles is 1. The van der Waals surface area contributed by atoms with E-state index in [4.69, 9.17) is 28.9 Å². The summed E-state index contributed by atoms with van der Waals surface area (Å²) >= 11 is 13.2. The summed E-state index contributed by atoms with van der Waals surface area (Å²) in [7, 11) is 0. The first kappa shape index (κ1) is 16.7. The number of nitrogens with one attached hydrogen (secondary N) is 1. The number of nitrogens with two attached hydrogens (primary N) is 1. The van der Waals surface area contributed by atoms with Gasteiger partial charge in [0.1, 0.15) is 0 Å². The van der Waals surface area contributed by atoms with Gasteiger partial charge >= 0.3 is 0 Å². The van der Waals surface area contributed by atoms with Crippen LogP contribution in [0.4, 0.5) is 0 Å². The van der Waals surface area contributed by atoms with Gasteiger partial charge in [0, 0.05) is 12.3 Å². The van der Waals surface area contributed by atoms with Gasteiger partial charge in [-0.1, -0.05) is 47.1 Å². The van der Waals surface area contributed by atoms with Crippen molar-refractivity contribution in [3.8, 4) is 6.07 Å². The zero-order chi connectivity index (χ0) is 16.3. The second-order valence-corrected chi connectivity index (χ2v) is 6.33. The van der Waals surface area contributed by atoms with Crippen molar-refractivity contribution in [1.82, 2.24) is 5.32 Å². The number of primary amides is 1. The third-order valence-corrected chi connectivity index (χ3v) is 4.94. The largest absolute Gasteiger partial charge is 0.369 e. The van der Waals surface area contributed by atoms with Crippen molar-refractivity contribution in [2.75, 3.05) is 5.75 Å². The molecule has 0 aromatic heterocycles. The number of thioether (sulfide) groups is 1. The Kier molecular flexibility index (Phi) is 5.35. The summed E-state index contributed by atoms with van der Waals surface area (Å²) in [5.41, 5.74) is 6.06. The Bertz CT molecular complexity index is 713. The van der Waals surface area contributed by atoms with Gasteiger partial charge in [-0.15, -0.1) is 0 Å². The molecule has 22 heavy (non-hydrogen) atoms. The van der Waals surface area contributed by atoms with Crippen LogP contribution in [0.2, 0.25) is 10.0 Å². The van der Waals surface area contributed by atoms with Crippen molar-refractivity contribution >= 4 is 46.8 Å². The van der Waals surface area contributed by atoms with Crippen molar-refractivity contribution in [2.45, 2.75) is 12.3 Å². The van der Waals surface area contributed by atoms with Crippen LogP contribution >= 0.6 is 35.0 Å². The molecule has 5 nitrogen and oxygen atoms in total. The minimum atomic E-state index is -0.535. The molecule has 0 bridgehead atoms. The number of hydrogen-bond donors (Lipinski definition) is 2. The zero-order valence-electron chi connectivity index (χ0n) is 11.2. The lowest BCUT2D eigenvalue weighted by atomic mass is 9.87. The van der Waals surface area contributed by atoms with Gasteiger partial charge in [-0.05, 0) is 11.6 Å². The molecule has 0 saturated carbocycles. The average Bonchev–Trinajstić information content (AvgIpc) is 2.47. The van der Waals surface area contributed by atoms with Crippen LogP contribution < -0.4 is 11.1 Å². The Morgan fingerprint density at radius 1 is 1.50 bits per heavy atom. The van der Waals surface area contributed by atoms with E-state index in [1.807, 2.05) is 0 Å². The molecule has 1 aromatic rings. The van der Waals surface area contributed by atoms with Crippen LogP contribution in [0.15, 0.2) is 28.8 Å². The molecule has 8 heteroatoms. The van der Waals surface area contributed by atoms with Crippen LogP contribution in [0.5, 0.6) is 0 Å². The van der Waals surface area contributed by atoms with Gasteiger partial charge in [0.2, 0.25) is 11.8 Å². The first-order chi connectivity index (χ1) is 10.4. The molecular weight excluding hydrogens is 345 g/mol. The van der Waals surface area contributed by atoms with Crippen LogP contribution in [0.25, 0.3) is 0 Å². The van der Waals surface area contributed by atoms with E-state index in [1.165, 1.54) is 0 Å². The summed E-state index contributed by atoms with van der Waals surface area (Å²) < 4.78 is 0. The van der Waals surface area contributed by atoms with Gasteiger partial charge in [-0.3, -0.25) is 9.59 Å². The predicted molar refractivity (Wildman–Crippen MR) is 86.3 cm³/mol. The SMILES string of the molecule is N#CC1=C(SCC(N)=O)NC(=O)C[C@H]1c1cccc(Cl)c1Cl. The highest BCUT2D eigenvalue weighted by molar-refractivity contribution is 8.03. The minimum Gasteiger partial charge on any atom is -0.369 e. The van der Waals surface area contributed by atoms with Crippen LogP contribution in [0, 0.1) is 11.3 Å². The van der Waals surface area contributed by atoms with Gasteiger partial charge in [-0.25, -0.2) is 0 Å². The normalized spacial score (nSPS) is 17.9. The molecule has 0 fully saturated rings. The molecule has 1 aliphatic rings. The van der Waals surface area contributed by atoms with Crippen LogP contribution in [-0.2, 0) is 9.59 Å². The van der Waals surface area contributed by atoms with E-state index >= 15 is 0 Å². The summed E-state index contributed by atoms with van der Waals surface area (Å²) in [5, 5.41) is 13.0. The molecule has 1 heterocycles. The first-order valence-electron chi connectivity index (χ1n) is 6.23. The number of carbonyl (C=O) groups is 2.